The Morgan fingerprint density at radius 3 is 2.42 bits per heavy atom. The second-order valence-corrected chi connectivity index (χ2v) is 8.21. The third kappa shape index (κ3) is 1.94. The first kappa shape index (κ1) is 13.5. The van der Waals surface area contributed by atoms with E-state index in [0.717, 1.165) is 30.1 Å². The zero-order valence-electron chi connectivity index (χ0n) is 13.0. The van der Waals surface area contributed by atoms with Crippen LogP contribution in [-0.4, -0.2) is 11.6 Å². The first-order valence-electron chi connectivity index (χ1n) is 7.95. The number of fused-ring (bicyclic) bond motifs is 2. The average Bonchev–Trinajstić information content (AvgIpc) is 2.61. The fraction of sp³-hybridized carbons (Fsp3) is 0.941. The van der Waals surface area contributed by atoms with E-state index in [9.17, 15) is 4.79 Å². The molecule has 0 amide bonds. The van der Waals surface area contributed by atoms with E-state index >= 15 is 0 Å². The lowest BCUT2D eigenvalue weighted by molar-refractivity contribution is -0.164. The molecule has 0 spiro atoms. The minimum absolute atomic E-state index is 0.0993. The van der Waals surface area contributed by atoms with Gasteiger partial charge in [0.25, 0.3) is 0 Å². The van der Waals surface area contributed by atoms with E-state index in [1.807, 2.05) is 0 Å². The summed E-state index contributed by atoms with van der Waals surface area (Å²) in [6.07, 6.45) is 5.00. The average molecular weight is 264 g/mol. The molecule has 0 unspecified atom stereocenters. The molecule has 3 rings (SSSR count). The second-order valence-electron chi connectivity index (χ2n) is 8.21. The van der Waals surface area contributed by atoms with Crippen LogP contribution in [-0.2, 0) is 9.53 Å². The lowest BCUT2D eigenvalue weighted by atomic mass is 9.75. The number of hydrogen-bond acceptors (Lipinski definition) is 2. The molecule has 3 aliphatic carbocycles. The van der Waals surface area contributed by atoms with Gasteiger partial charge < -0.3 is 4.74 Å². The SMILES string of the molecule is CC(=O)O[C@]1(C)C[C@@H]2[C@H](C[C@@H]3[C@H](C)CC[C@H]31)C2(C)C. The Hall–Kier alpha value is -0.530. The summed E-state index contributed by atoms with van der Waals surface area (Å²) in [5.74, 6) is 3.68. The van der Waals surface area contributed by atoms with Gasteiger partial charge in [0.2, 0.25) is 0 Å². The van der Waals surface area contributed by atoms with Crippen molar-refractivity contribution >= 4 is 5.97 Å². The van der Waals surface area contributed by atoms with Crippen molar-refractivity contribution in [3.63, 3.8) is 0 Å². The van der Waals surface area contributed by atoms with Crippen LogP contribution < -0.4 is 0 Å². The highest BCUT2D eigenvalue weighted by molar-refractivity contribution is 5.66. The molecule has 0 aromatic rings. The second kappa shape index (κ2) is 3.99. The third-order valence-electron chi connectivity index (χ3n) is 6.78. The van der Waals surface area contributed by atoms with Crippen molar-refractivity contribution in [2.75, 3.05) is 0 Å². The van der Waals surface area contributed by atoms with Gasteiger partial charge in [0.05, 0.1) is 0 Å². The van der Waals surface area contributed by atoms with Gasteiger partial charge in [0, 0.05) is 12.8 Å². The zero-order valence-corrected chi connectivity index (χ0v) is 13.0. The van der Waals surface area contributed by atoms with Crippen molar-refractivity contribution in [1.82, 2.24) is 0 Å². The normalized spacial score (nSPS) is 50.9. The summed E-state index contributed by atoms with van der Waals surface area (Å²) in [4.78, 5) is 11.6. The molecule has 0 aliphatic heterocycles. The molecule has 0 bridgehead atoms. The third-order valence-corrected chi connectivity index (χ3v) is 6.78. The van der Waals surface area contributed by atoms with Crippen LogP contribution in [0.2, 0.25) is 0 Å². The summed E-state index contributed by atoms with van der Waals surface area (Å²) in [5.41, 5.74) is 0.253. The lowest BCUT2D eigenvalue weighted by Gasteiger charge is -2.38. The number of esters is 1. The Morgan fingerprint density at radius 2 is 1.79 bits per heavy atom. The number of ether oxygens (including phenoxy) is 1. The van der Waals surface area contributed by atoms with Gasteiger partial charge in [-0.3, -0.25) is 4.79 Å². The highest BCUT2D eigenvalue weighted by atomic mass is 16.6. The Kier molecular flexibility index (Phi) is 2.82. The van der Waals surface area contributed by atoms with Gasteiger partial charge in [-0.1, -0.05) is 27.2 Å². The monoisotopic (exact) mass is 264 g/mol. The molecule has 3 saturated carbocycles. The van der Waals surface area contributed by atoms with E-state index in [1.54, 1.807) is 6.92 Å². The Bertz CT molecular complexity index is 400. The van der Waals surface area contributed by atoms with Crippen LogP contribution in [0.1, 0.15) is 60.3 Å². The Balaban J connectivity index is 1.91. The zero-order chi connectivity index (χ0) is 14.0. The topological polar surface area (TPSA) is 26.3 Å². The largest absolute Gasteiger partial charge is 0.459 e. The molecule has 6 atom stereocenters. The van der Waals surface area contributed by atoms with Crippen molar-refractivity contribution in [1.29, 1.82) is 0 Å². The van der Waals surface area contributed by atoms with Gasteiger partial charge in [0.1, 0.15) is 5.60 Å². The van der Waals surface area contributed by atoms with Crippen molar-refractivity contribution in [3.8, 4) is 0 Å². The molecule has 2 nitrogen and oxygen atoms in total. The van der Waals surface area contributed by atoms with Crippen LogP contribution in [0.3, 0.4) is 0 Å². The van der Waals surface area contributed by atoms with Crippen LogP contribution in [0, 0.1) is 35.0 Å². The smallest absolute Gasteiger partial charge is 0.303 e. The van der Waals surface area contributed by atoms with E-state index in [1.165, 1.54) is 19.3 Å². The summed E-state index contributed by atoms with van der Waals surface area (Å²) < 4.78 is 5.87. The molecule has 19 heavy (non-hydrogen) atoms. The molecule has 0 aromatic heterocycles. The van der Waals surface area contributed by atoms with Crippen molar-refractivity contribution in [3.05, 3.63) is 0 Å². The molecular formula is C17H28O2. The Morgan fingerprint density at radius 1 is 1.11 bits per heavy atom. The maximum absolute atomic E-state index is 11.6. The van der Waals surface area contributed by atoms with E-state index in [2.05, 4.69) is 27.7 Å². The molecule has 3 aliphatic rings. The predicted molar refractivity (Wildman–Crippen MR) is 75.5 cm³/mol. The minimum Gasteiger partial charge on any atom is -0.459 e. The fourth-order valence-electron chi connectivity index (χ4n) is 5.48. The number of rotatable bonds is 1. The van der Waals surface area contributed by atoms with Crippen LogP contribution in [0.5, 0.6) is 0 Å². The molecule has 0 radical (unpaired) electrons. The highest BCUT2D eigenvalue weighted by Gasteiger charge is 2.65. The van der Waals surface area contributed by atoms with Gasteiger partial charge in [-0.2, -0.15) is 0 Å². The maximum atomic E-state index is 11.6. The molecule has 2 heteroatoms. The first-order chi connectivity index (χ1) is 8.75. The van der Waals surface area contributed by atoms with Crippen LogP contribution in [0.25, 0.3) is 0 Å². The summed E-state index contributed by atoms with van der Waals surface area (Å²) in [6, 6.07) is 0. The maximum Gasteiger partial charge on any atom is 0.303 e. The fourth-order valence-corrected chi connectivity index (χ4v) is 5.48. The van der Waals surface area contributed by atoms with E-state index < -0.39 is 0 Å². The number of carbonyl (C=O) groups is 1. The van der Waals surface area contributed by atoms with Crippen molar-refractivity contribution < 1.29 is 9.53 Å². The van der Waals surface area contributed by atoms with Gasteiger partial charge >= 0.3 is 5.97 Å². The molecular weight excluding hydrogens is 236 g/mol. The van der Waals surface area contributed by atoms with E-state index in [-0.39, 0.29) is 11.6 Å². The van der Waals surface area contributed by atoms with Crippen LogP contribution in [0.4, 0.5) is 0 Å². The van der Waals surface area contributed by atoms with Crippen LogP contribution >= 0.6 is 0 Å². The standard InChI is InChI=1S/C17H28O2/c1-10-6-7-13-12(10)8-14-15(16(14,3)4)9-17(13,5)19-11(2)18/h10,12-15H,6-9H2,1-5H3/t10-,12-,13-,14+,15-,17-/m1/s1. The lowest BCUT2D eigenvalue weighted by Crippen LogP contribution is -2.42. The van der Waals surface area contributed by atoms with E-state index in [4.69, 9.17) is 4.74 Å². The first-order valence-corrected chi connectivity index (χ1v) is 7.95. The van der Waals surface area contributed by atoms with Crippen molar-refractivity contribution in [2.24, 2.45) is 35.0 Å². The molecule has 0 N–H and O–H groups in total. The Labute approximate surface area is 117 Å². The van der Waals surface area contributed by atoms with Crippen molar-refractivity contribution in [2.45, 2.75) is 65.9 Å². The van der Waals surface area contributed by atoms with Gasteiger partial charge in [-0.25, -0.2) is 0 Å². The molecule has 0 saturated heterocycles. The highest BCUT2D eigenvalue weighted by Crippen LogP contribution is 2.69. The summed E-state index contributed by atoms with van der Waals surface area (Å²) in [6.45, 7) is 11.0. The van der Waals surface area contributed by atoms with Gasteiger partial charge in [-0.15, -0.1) is 0 Å². The molecule has 3 fully saturated rings. The minimum atomic E-state index is -0.214. The summed E-state index contributed by atoms with van der Waals surface area (Å²) in [7, 11) is 0. The summed E-state index contributed by atoms with van der Waals surface area (Å²) in [5, 5.41) is 0. The number of hydrogen-bond donors (Lipinski definition) is 0. The number of carbonyl (C=O) groups excluding carboxylic acids is 1. The quantitative estimate of drug-likeness (QED) is 0.668. The summed E-state index contributed by atoms with van der Waals surface area (Å²) >= 11 is 0. The van der Waals surface area contributed by atoms with Gasteiger partial charge in [0.15, 0.2) is 0 Å². The van der Waals surface area contributed by atoms with Crippen LogP contribution in [0.15, 0.2) is 0 Å². The molecule has 108 valence electrons. The molecule has 0 heterocycles. The van der Waals surface area contributed by atoms with E-state index in [0.29, 0.717) is 11.3 Å². The predicted octanol–water partition coefficient (Wildman–Crippen LogP) is 4.04. The van der Waals surface area contributed by atoms with Gasteiger partial charge in [-0.05, 0) is 55.3 Å². The molecule has 0 aromatic carbocycles.